The molecule has 1 fully saturated rings. The second kappa shape index (κ2) is 4.33. The van der Waals surface area contributed by atoms with Crippen LogP contribution in [0.25, 0.3) is 0 Å². The molecule has 1 aromatic heterocycles. The first-order chi connectivity index (χ1) is 7.71. The molecule has 0 bridgehead atoms. The number of nitrogens with one attached hydrogen (secondary N) is 1. The molecule has 0 saturated heterocycles. The molecule has 86 valence electrons. The molecule has 0 aliphatic heterocycles. The minimum Gasteiger partial charge on any atom is -0.364 e. The Balaban J connectivity index is 2.43. The van der Waals surface area contributed by atoms with Crippen LogP contribution in [0.3, 0.4) is 0 Å². The van der Waals surface area contributed by atoms with Gasteiger partial charge in [-0.2, -0.15) is 5.26 Å². The van der Waals surface area contributed by atoms with E-state index in [-0.39, 0.29) is 5.41 Å². The summed E-state index contributed by atoms with van der Waals surface area (Å²) in [6.45, 7) is 4.34. The molecular weight excluding hydrogens is 196 g/mol. The predicted molar refractivity (Wildman–Crippen MR) is 64.9 cm³/mol. The molecule has 1 atom stereocenters. The Hall–Kier alpha value is -1.23. The van der Waals surface area contributed by atoms with E-state index in [0.717, 1.165) is 5.69 Å². The maximum absolute atomic E-state index is 9.71. The Kier molecular flexibility index (Phi) is 3.05. The first-order valence-corrected chi connectivity index (χ1v) is 6.27. The largest absolute Gasteiger partial charge is 0.364 e. The van der Waals surface area contributed by atoms with Crippen LogP contribution in [0.5, 0.6) is 0 Å². The van der Waals surface area contributed by atoms with Gasteiger partial charge in [-0.25, -0.2) is 0 Å². The summed E-state index contributed by atoms with van der Waals surface area (Å²) in [4.78, 5) is 3.26. The van der Waals surface area contributed by atoms with Crippen molar-refractivity contribution >= 4 is 0 Å². The van der Waals surface area contributed by atoms with Gasteiger partial charge < -0.3 is 4.98 Å². The lowest BCUT2D eigenvalue weighted by atomic mass is 9.66. The molecule has 0 radical (unpaired) electrons. The third-order valence-corrected chi connectivity index (χ3v) is 4.14. The zero-order valence-electron chi connectivity index (χ0n) is 10.2. The van der Waals surface area contributed by atoms with E-state index in [1.807, 2.05) is 12.3 Å². The number of nitriles is 1. The summed E-state index contributed by atoms with van der Waals surface area (Å²) in [6.07, 6.45) is 6.89. The first-order valence-electron chi connectivity index (χ1n) is 6.27. The Morgan fingerprint density at radius 2 is 2.12 bits per heavy atom. The molecule has 1 heterocycles. The second-order valence-corrected chi connectivity index (χ2v) is 5.20. The second-order valence-electron chi connectivity index (χ2n) is 5.20. The topological polar surface area (TPSA) is 39.6 Å². The van der Waals surface area contributed by atoms with Crippen molar-refractivity contribution in [3.8, 4) is 6.07 Å². The van der Waals surface area contributed by atoms with Gasteiger partial charge in [0.2, 0.25) is 0 Å². The molecule has 0 aromatic carbocycles. The lowest BCUT2D eigenvalue weighted by molar-refractivity contribution is 0.257. The lowest BCUT2D eigenvalue weighted by Crippen LogP contribution is -2.38. The summed E-state index contributed by atoms with van der Waals surface area (Å²) in [5.41, 5.74) is 0.803. The number of hydrogen-bond acceptors (Lipinski definition) is 1. The maximum atomic E-state index is 9.71. The molecule has 1 N–H and O–H groups in total. The summed E-state index contributed by atoms with van der Waals surface area (Å²) >= 11 is 0. The van der Waals surface area contributed by atoms with Gasteiger partial charge in [-0.15, -0.1) is 0 Å². The molecule has 1 aromatic rings. The van der Waals surface area contributed by atoms with Crippen molar-refractivity contribution in [3.63, 3.8) is 0 Å². The zero-order chi connectivity index (χ0) is 11.6. The van der Waals surface area contributed by atoms with Crippen molar-refractivity contribution in [1.29, 1.82) is 5.26 Å². The highest BCUT2D eigenvalue weighted by atomic mass is 14.7. The molecule has 0 spiro atoms. The lowest BCUT2D eigenvalue weighted by Gasteiger charge is -2.35. The third-order valence-electron chi connectivity index (χ3n) is 4.14. The van der Waals surface area contributed by atoms with E-state index in [2.05, 4.69) is 31.0 Å². The van der Waals surface area contributed by atoms with Crippen LogP contribution in [-0.2, 0) is 5.41 Å². The standard InChI is InChI=1S/C14H20N2/c1-11(2)14(10-15,12-6-3-4-7-12)13-8-5-9-16-13/h5,8-9,11-12,16H,3-4,6-7H2,1-2H3. The van der Waals surface area contributed by atoms with Crippen molar-refractivity contribution in [2.45, 2.75) is 44.9 Å². The monoisotopic (exact) mass is 216 g/mol. The molecular formula is C14H20N2. The van der Waals surface area contributed by atoms with E-state index in [1.165, 1.54) is 25.7 Å². The van der Waals surface area contributed by atoms with Crippen molar-refractivity contribution in [2.24, 2.45) is 11.8 Å². The zero-order valence-corrected chi connectivity index (χ0v) is 10.2. The van der Waals surface area contributed by atoms with E-state index in [4.69, 9.17) is 0 Å². The van der Waals surface area contributed by atoms with Crippen molar-refractivity contribution in [3.05, 3.63) is 24.0 Å². The summed E-state index contributed by atoms with van der Waals surface area (Å²) in [5.74, 6) is 0.885. The van der Waals surface area contributed by atoms with Gasteiger partial charge in [0.25, 0.3) is 0 Å². The number of hydrogen-bond donors (Lipinski definition) is 1. The Morgan fingerprint density at radius 3 is 2.56 bits per heavy atom. The van der Waals surface area contributed by atoms with Crippen LogP contribution in [0, 0.1) is 23.2 Å². The smallest absolute Gasteiger partial charge is 0.102 e. The van der Waals surface area contributed by atoms with Crippen molar-refractivity contribution in [2.75, 3.05) is 0 Å². The summed E-state index contributed by atoms with van der Waals surface area (Å²) < 4.78 is 0. The maximum Gasteiger partial charge on any atom is 0.102 e. The van der Waals surface area contributed by atoms with Gasteiger partial charge in [0.15, 0.2) is 0 Å². The van der Waals surface area contributed by atoms with E-state index >= 15 is 0 Å². The summed E-state index contributed by atoms with van der Waals surface area (Å²) in [5, 5.41) is 9.71. The van der Waals surface area contributed by atoms with E-state index in [9.17, 15) is 5.26 Å². The van der Waals surface area contributed by atoms with Crippen LogP contribution in [0.2, 0.25) is 0 Å². The highest BCUT2D eigenvalue weighted by molar-refractivity contribution is 5.30. The Morgan fingerprint density at radius 1 is 1.44 bits per heavy atom. The Bertz CT molecular complexity index is 366. The fourth-order valence-corrected chi connectivity index (χ4v) is 3.25. The molecule has 2 rings (SSSR count). The number of nitrogens with zero attached hydrogens (tertiary/aromatic N) is 1. The predicted octanol–water partition coefficient (Wildman–Crippen LogP) is 3.62. The third kappa shape index (κ3) is 1.55. The van der Waals surface area contributed by atoms with Crippen LogP contribution < -0.4 is 0 Å². The van der Waals surface area contributed by atoms with Gasteiger partial charge in [0.05, 0.1) is 6.07 Å². The molecule has 1 aliphatic rings. The van der Waals surface area contributed by atoms with Crippen LogP contribution in [0.1, 0.15) is 45.2 Å². The van der Waals surface area contributed by atoms with Gasteiger partial charge >= 0.3 is 0 Å². The highest BCUT2D eigenvalue weighted by Crippen LogP contribution is 2.46. The van der Waals surface area contributed by atoms with Crippen molar-refractivity contribution in [1.82, 2.24) is 4.98 Å². The number of aromatic nitrogens is 1. The van der Waals surface area contributed by atoms with Gasteiger partial charge in [0, 0.05) is 11.9 Å². The molecule has 16 heavy (non-hydrogen) atoms. The van der Waals surface area contributed by atoms with Gasteiger partial charge in [-0.3, -0.25) is 0 Å². The molecule has 2 nitrogen and oxygen atoms in total. The number of rotatable bonds is 3. The van der Waals surface area contributed by atoms with Gasteiger partial charge in [0.1, 0.15) is 5.41 Å². The SMILES string of the molecule is CC(C)C(C#N)(c1ccc[nH]1)C1CCCC1. The van der Waals surface area contributed by atoms with Crippen molar-refractivity contribution < 1.29 is 0 Å². The molecule has 1 aliphatic carbocycles. The first kappa shape index (κ1) is 11.3. The number of H-pyrrole nitrogens is 1. The normalized spacial score (nSPS) is 20.9. The number of aromatic amines is 1. The molecule has 2 heteroatoms. The Labute approximate surface area is 97.7 Å². The average molecular weight is 216 g/mol. The summed E-state index contributed by atoms with van der Waals surface area (Å²) in [7, 11) is 0. The molecule has 1 saturated carbocycles. The molecule has 0 amide bonds. The van der Waals surface area contributed by atoms with Crippen LogP contribution in [-0.4, -0.2) is 4.98 Å². The fourth-order valence-electron chi connectivity index (χ4n) is 3.25. The van der Waals surface area contributed by atoms with E-state index in [0.29, 0.717) is 11.8 Å². The highest BCUT2D eigenvalue weighted by Gasteiger charge is 2.45. The fraction of sp³-hybridized carbons (Fsp3) is 0.643. The van der Waals surface area contributed by atoms with Crippen LogP contribution in [0.4, 0.5) is 0 Å². The minimum absolute atomic E-state index is 0.306. The van der Waals surface area contributed by atoms with Gasteiger partial charge in [-0.05, 0) is 36.8 Å². The van der Waals surface area contributed by atoms with Crippen LogP contribution in [0.15, 0.2) is 18.3 Å². The summed E-state index contributed by atoms with van der Waals surface area (Å²) in [6, 6.07) is 6.70. The van der Waals surface area contributed by atoms with E-state index in [1.54, 1.807) is 0 Å². The minimum atomic E-state index is -0.306. The van der Waals surface area contributed by atoms with Crippen LogP contribution >= 0.6 is 0 Å². The van der Waals surface area contributed by atoms with Gasteiger partial charge in [-0.1, -0.05) is 26.7 Å². The quantitative estimate of drug-likeness (QED) is 0.823. The van der Waals surface area contributed by atoms with E-state index < -0.39 is 0 Å². The molecule has 1 unspecified atom stereocenters. The average Bonchev–Trinajstić information content (AvgIpc) is 2.89.